The fourth-order valence-electron chi connectivity index (χ4n) is 1.78. The summed E-state index contributed by atoms with van der Waals surface area (Å²) in [4.78, 5) is 0. The third kappa shape index (κ3) is 1.52. The SMILES string of the molecule is CC(C)=C1CCOc2ccc(F)cc21. The van der Waals surface area contributed by atoms with Crippen molar-refractivity contribution in [2.24, 2.45) is 0 Å². The van der Waals surface area contributed by atoms with E-state index in [4.69, 9.17) is 4.74 Å². The number of allylic oxidation sites excluding steroid dienone is 1. The molecule has 0 unspecified atom stereocenters. The molecule has 1 aromatic carbocycles. The highest BCUT2D eigenvalue weighted by Crippen LogP contribution is 2.34. The molecule has 0 radical (unpaired) electrons. The van der Waals surface area contributed by atoms with Gasteiger partial charge in [0.15, 0.2) is 0 Å². The summed E-state index contributed by atoms with van der Waals surface area (Å²) >= 11 is 0. The molecule has 0 aromatic heterocycles. The van der Waals surface area contributed by atoms with E-state index in [1.165, 1.54) is 17.2 Å². The Hall–Kier alpha value is -1.31. The van der Waals surface area contributed by atoms with E-state index >= 15 is 0 Å². The van der Waals surface area contributed by atoms with E-state index in [0.29, 0.717) is 6.61 Å². The molecule has 14 heavy (non-hydrogen) atoms. The second kappa shape index (κ2) is 3.45. The minimum Gasteiger partial charge on any atom is -0.493 e. The number of halogens is 1. The lowest BCUT2D eigenvalue weighted by molar-refractivity contribution is 0.315. The fourth-order valence-corrected chi connectivity index (χ4v) is 1.78. The first kappa shape index (κ1) is 9.25. The van der Waals surface area contributed by atoms with E-state index in [1.807, 2.05) is 0 Å². The monoisotopic (exact) mass is 192 g/mol. The summed E-state index contributed by atoms with van der Waals surface area (Å²) in [7, 11) is 0. The van der Waals surface area contributed by atoms with Crippen LogP contribution in [-0.2, 0) is 0 Å². The summed E-state index contributed by atoms with van der Waals surface area (Å²) in [6.45, 7) is 4.80. The van der Waals surface area contributed by atoms with Crippen LogP contribution in [0.15, 0.2) is 23.8 Å². The summed E-state index contributed by atoms with van der Waals surface area (Å²) in [5, 5.41) is 0. The van der Waals surface area contributed by atoms with Gasteiger partial charge in [0.1, 0.15) is 11.6 Å². The molecule has 0 amide bonds. The van der Waals surface area contributed by atoms with Gasteiger partial charge in [-0.15, -0.1) is 0 Å². The van der Waals surface area contributed by atoms with Gasteiger partial charge in [-0.2, -0.15) is 0 Å². The van der Waals surface area contributed by atoms with Gasteiger partial charge in [-0.1, -0.05) is 5.57 Å². The molecule has 0 fully saturated rings. The molecular weight excluding hydrogens is 179 g/mol. The fraction of sp³-hybridized carbons (Fsp3) is 0.333. The van der Waals surface area contributed by atoms with Gasteiger partial charge >= 0.3 is 0 Å². The Morgan fingerprint density at radius 2 is 2.14 bits per heavy atom. The van der Waals surface area contributed by atoms with Gasteiger partial charge in [0, 0.05) is 12.0 Å². The van der Waals surface area contributed by atoms with Crippen molar-refractivity contribution in [1.29, 1.82) is 0 Å². The van der Waals surface area contributed by atoms with Gasteiger partial charge in [0.25, 0.3) is 0 Å². The molecule has 0 saturated carbocycles. The first-order valence-electron chi connectivity index (χ1n) is 4.77. The summed E-state index contributed by atoms with van der Waals surface area (Å²) in [5.74, 6) is 0.599. The van der Waals surface area contributed by atoms with Crippen LogP contribution in [-0.4, -0.2) is 6.61 Å². The van der Waals surface area contributed by atoms with Crippen molar-refractivity contribution >= 4 is 5.57 Å². The molecule has 0 saturated heterocycles. The van der Waals surface area contributed by atoms with Crippen LogP contribution < -0.4 is 4.74 Å². The molecular formula is C12H13FO. The highest BCUT2D eigenvalue weighted by molar-refractivity contribution is 5.73. The van der Waals surface area contributed by atoms with Gasteiger partial charge in [0.2, 0.25) is 0 Å². The van der Waals surface area contributed by atoms with Crippen molar-refractivity contribution < 1.29 is 9.13 Å². The lowest BCUT2D eigenvalue weighted by Gasteiger charge is -2.21. The van der Waals surface area contributed by atoms with E-state index in [-0.39, 0.29) is 5.82 Å². The second-order valence-electron chi connectivity index (χ2n) is 3.72. The maximum Gasteiger partial charge on any atom is 0.127 e. The smallest absolute Gasteiger partial charge is 0.127 e. The topological polar surface area (TPSA) is 9.23 Å². The molecule has 2 rings (SSSR count). The average Bonchev–Trinajstić information content (AvgIpc) is 2.16. The number of hydrogen-bond acceptors (Lipinski definition) is 1. The Kier molecular flexibility index (Phi) is 2.28. The van der Waals surface area contributed by atoms with Crippen LogP contribution in [0.4, 0.5) is 4.39 Å². The summed E-state index contributed by atoms with van der Waals surface area (Å²) in [6.07, 6.45) is 0.874. The zero-order valence-corrected chi connectivity index (χ0v) is 8.43. The van der Waals surface area contributed by atoms with Gasteiger partial charge < -0.3 is 4.74 Å². The standard InChI is InChI=1S/C12H13FO/c1-8(2)10-5-6-14-12-4-3-9(13)7-11(10)12/h3-4,7H,5-6H2,1-2H3. The third-order valence-electron chi connectivity index (χ3n) is 2.48. The molecule has 74 valence electrons. The summed E-state index contributed by atoms with van der Waals surface area (Å²) in [6, 6.07) is 4.69. The summed E-state index contributed by atoms with van der Waals surface area (Å²) < 4.78 is 18.5. The van der Waals surface area contributed by atoms with E-state index in [0.717, 1.165) is 17.7 Å². The van der Waals surface area contributed by atoms with Crippen molar-refractivity contribution in [2.75, 3.05) is 6.61 Å². The quantitative estimate of drug-likeness (QED) is 0.612. The Morgan fingerprint density at radius 1 is 1.36 bits per heavy atom. The molecule has 1 nitrogen and oxygen atoms in total. The van der Waals surface area contributed by atoms with Crippen molar-refractivity contribution in [1.82, 2.24) is 0 Å². The predicted octanol–water partition coefficient (Wildman–Crippen LogP) is 3.40. The van der Waals surface area contributed by atoms with E-state index < -0.39 is 0 Å². The lowest BCUT2D eigenvalue weighted by atomic mass is 9.96. The van der Waals surface area contributed by atoms with Crippen LogP contribution in [0.25, 0.3) is 5.57 Å². The van der Waals surface area contributed by atoms with Crippen LogP contribution in [0.3, 0.4) is 0 Å². The van der Waals surface area contributed by atoms with Gasteiger partial charge in [-0.25, -0.2) is 4.39 Å². The van der Waals surface area contributed by atoms with Crippen LogP contribution in [0.1, 0.15) is 25.8 Å². The number of benzene rings is 1. The molecule has 0 spiro atoms. The number of ether oxygens (including phenoxy) is 1. The van der Waals surface area contributed by atoms with Crippen molar-refractivity contribution in [3.8, 4) is 5.75 Å². The third-order valence-corrected chi connectivity index (χ3v) is 2.48. The molecule has 1 aromatic rings. The number of fused-ring (bicyclic) bond motifs is 1. The van der Waals surface area contributed by atoms with Gasteiger partial charge in [-0.05, 0) is 37.6 Å². The summed E-state index contributed by atoms with van der Waals surface area (Å²) in [5.41, 5.74) is 3.36. The Bertz CT molecular complexity index is 389. The number of hydrogen-bond donors (Lipinski definition) is 0. The first-order chi connectivity index (χ1) is 6.68. The molecule has 1 aliphatic rings. The Labute approximate surface area is 83.2 Å². The molecule has 1 heterocycles. The molecule has 1 aliphatic heterocycles. The van der Waals surface area contributed by atoms with Crippen molar-refractivity contribution in [3.63, 3.8) is 0 Å². The maximum atomic E-state index is 13.1. The van der Waals surface area contributed by atoms with Gasteiger partial charge in [0.05, 0.1) is 6.61 Å². The minimum atomic E-state index is -0.201. The van der Waals surface area contributed by atoms with Crippen molar-refractivity contribution in [3.05, 3.63) is 35.2 Å². The zero-order chi connectivity index (χ0) is 10.1. The van der Waals surface area contributed by atoms with Crippen LogP contribution in [0.5, 0.6) is 5.75 Å². The van der Waals surface area contributed by atoms with Gasteiger partial charge in [-0.3, -0.25) is 0 Å². The van der Waals surface area contributed by atoms with Crippen LogP contribution >= 0.6 is 0 Å². The zero-order valence-electron chi connectivity index (χ0n) is 8.43. The average molecular weight is 192 g/mol. The molecule has 0 N–H and O–H groups in total. The van der Waals surface area contributed by atoms with E-state index in [2.05, 4.69) is 13.8 Å². The lowest BCUT2D eigenvalue weighted by Crippen LogP contribution is -2.08. The van der Waals surface area contributed by atoms with Crippen LogP contribution in [0, 0.1) is 5.82 Å². The van der Waals surface area contributed by atoms with E-state index in [9.17, 15) is 4.39 Å². The predicted molar refractivity (Wildman–Crippen MR) is 54.8 cm³/mol. The number of rotatable bonds is 0. The van der Waals surface area contributed by atoms with E-state index in [1.54, 1.807) is 12.1 Å². The molecule has 0 atom stereocenters. The minimum absolute atomic E-state index is 0.201. The maximum absolute atomic E-state index is 13.1. The Morgan fingerprint density at radius 3 is 2.86 bits per heavy atom. The largest absolute Gasteiger partial charge is 0.493 e. The molecule has 0 aliphatic carbocycles. The second-order valence-corrected chi connectivity index (χ2v) is 3.72. The highest BCUT2D eigenvalue weighted by atomic mass is 19.1. The highest BCUT2D eigenvalue weighted by Gasteiger charge is 2.16. The molecule has 0 bridgehead atoms. The Balaban J connectivity index is 2.58. The first-order valence-corrected chi connectivity index (χ1v) is 4.77. The van der Waals surface area contributed by atoms with Crippen LogP contribution in [0.2, 0.25) is 0 Å². The van der Waals surface area contributed by atoms with Crippen molar-refractivity contribution in [2.45, 2.75) is 20.3 Å². The normalized spacial score (nSPS) is 14.6. The molecule has 2 heteroatoms.